The summed E-state index contributed by atoms with van der Waals surface area (Å²) in [5.74, 6) is 0.962. The van der Waals surface area contributed by atoms with Crippen molar-refractivity contribution in [2.24, 2.45) is 0 Å². The van der Waals surface area contributed by atoms with E-state index in [1.54, 1.807) is 19.0 Å². The Hall–Kier alpha value is -2.49. The molecule has 2 aromatic rings. The third-order valence-electron chi connectivity index (χ3n) is 4.32. The first-order chi connectivity index (χ1) is 11.6. The number of hydrogen-bond donors (Lipinski definition) is 0. The van der Waals surface area contributed by atoms with Crippen LogP contribution in [0.5, 0.6) is 5.75 Å². The molecule has 1 aliphatic rings. The summed E-state index contributed by atoms with van der Waals surface area (Å²) in [5, 5.41) is 0. The molecule has 3 rings (SSSR count). The van der Waals surface area contributed by atoms with Crippen LogP contribution in [-0.4, -0.2) is 44.6 Å². The van der Waals surface area contributed by atoms with E-state index in [0.717, 1.165) is 37.2 Å². The lowest BCUT2D eigenvalue weighted by Crippen LogP contribution is -2.33. The van der Waals surface area contributed by atoms with Gasteiger partial charge in [-0.3, -0.25) is 4.79 Å². The molecule has 0 unspecified atom stereocenters. The van der Waals surface area contributed by atoms with Crippen LogP contribution in [0, 0.1) is 0 Å². The zero-order valence-electron chi connectivity index (χ0n) is 14.4. The zero-order chi connectivity index (χ0) is 16.9. The number of benzene rings is 2. The van der Waals surface area contributed by atoms with Gasteiger partial charge in [-0.25, -0.2) is 0 Å². The van der Waals surface area contributed by atoms with Gasteiger partial charge in [-0.05, 0) is 48.7 Å². The number of anilines is 1. The van der Waals surface area contributed by atoms with Gasteiger partial charge in [0.1, 0.15) is 12.4 Å². The highest BCUT2D eigenvalue weighted by atomic mass is 16.5. The van der Waals surface area contributed by atoms with Crippen molar-refractivity contribution in [3.63, 3.8) is 0 Å². The summed E-state index contributed by atoms with van der Waals surface area (Å²) in [4.78, 5) is 16.1. The van der Waals surface area contributed by atoms with Gasteiger partial charge in [0, 0.05) is 31.9 Å². The number of carbonyl (C=O) groups excluding carboxylic acids is 1. The molecule has 0 spiro atoms. The van der Waals surface area contributed by atoms with Crippen molar-refractivity contribution in [3.8, 4) is 5.75 Å². The van der Waals surface area contributed by atoms with Gasteiger partial charge in [0.25, 0.3) is 5.91 Å². The van der Waals surface area contributed by atoms with E-state index in [-0.39, 0.29) is 5.91 Å². The van der Waals surface area contributed by atoms with Gasteiger partial charge in [-0.2, -0.15) is 0 Å². The third-order valence-corrected chi connectivity index (χ3v) is 4.32. The van der Waals surface area contributed by atoms with Crippen LogP contribution in [0.1, 0.15) is 22.3 Å². The lowest BCUT2D eigenvalue weighted by Gasteiger charge is -2.31. The molecule has 4 nitrogen and oxygen atoms in total. The summed E-state index contributed by atoms with van der Waals surface area (Å²) < 4.78 is 5.81. The molecule has 1 heterocycles. The van der Waals surface area contributed by atoms with E-state index in [1.165, 1.54) is 11.3 Å². The van der Waals surface area contributed by atoms with Gasteiger partial charge in [0.05, 0.1) is 6.54 Å². The first-order valence-corrected chi connectivity index (χ1v) is 8.42. The number of carbonyl (C=O) groups is 1. The molecule has 24 heavy (non-hydrogen) atoms. The Balaban J connectivity index is 1.66. The van der Waals surface area contributed by atoms with Gasteiger partial charge in [-0.15, -0.1) is 0 Å². The molecular weight excluding hydrogens is 300 g/mol. The van der Waals surface area contributed by atoms with Gasteiger partial charge < -0.3 is 14.5 Å². The summed E-state index contributed by atoms with van der Waals surface area (Å²) in [7, 11) is 3.57. The first-order valence-electron chi connectivity index (χ1n) is 8.42. The van der Waals surface area contributed by atoms with Crippen LogP contribution < -0.4 is 9.64 Å². The minimum Gasteiger partial charge on any atom is -0.492 e. The van der Waals surface area contributed by atoms with Crippen molar-refractivity contribution >= 4 is 11.6 Å². The summed E-state index contributed by atoms with van der Waals surface area (Å²) in [5.41, 5.74) is 3.25. The van der Waals surface area contributed by atoms with Crippen LogP contribution >= 0.6 is 0 Å². The van der Waals surface area contributed by atoms with Crippen molar-refractivity contribution in [2.45, 2.75) is 12.8 Å². The van der Waals surface area contributed by atoms with Crippen LogP contribution in [0.4, 0.5) is 5.69 Å². The summed E-state index contributed by atoms with van der Waals surface area (Å²) in [6, 6.07) is 15.9. The fraction of sp³-hybridized carbons (Fsp3) is 0.350. The quantitative estimate of drug-likeness (QED) is 0.846. The number of amides is 1. The second kappa shape index (κ2) is 7.39. The number of fused-ring (bicyclic) bond motifs is 1. The van der Waals surface area contributed by atoms with Crippen molar-refractivity contribution in [1.29, 1.82) is 0 Å². The maximum absolute atomic E-state index is 12.1. The molecule has 0 fully saturated rings. The number of para-hydroxylation sites is 1. The smallest absolute Gasteiger partial charge is 0.253 e. The number of ether oxygens (including phenoxy) is 1. The third kappa shape index (κ3) is 3.70. The minimum absolute atomic E-state index is 0.0577. The summed E-state index contributed by atoms with van der Waals surface area (Å²) in [6.07, 6.45) is 2.14. The van der Waals surface area contributed by atoms with E-state index >= 15 is 0 Å². The molecule has 0 saturated carbocycles. The summed E-state index contributed by atoms with van der Waals surface area (Å²) in [6.45, 7) is 2.54. The van der Waals surface area contributed by atoms with E-state index in [1.807, 2.05) is 42.5 Å². The normalized spacial score (nSPS) is 13.3. The molecule has 0 aliphatic carbocycles. The monoisotopic (exact) mass is 324 g/mol. The standard InChI is InChI=1S/C20H24N2O2/c1-21(2)20(23)17-10-11-19-16(15-17)7-6-12-22(19)13-14-24-18-8-4-3-5-9-18/h3-5,8-11,15H,6-7,12-14H2,1-2H3. The van der Waals surface area contributed by atoms with Crippen molar-refractivity contribution < 1.29 is 9.53 Å². The lowest BCUT2D eigenvalue weighted by atomic mass is 9.99. The predicted molar refractivity (Wildman–Crippen MR) is 96.9 cm³/mol. The predicted octanol–water partition coefficient (Wildman–Crippen LogP) is 3.22. The zero-order valence-corrected chi connectivity index (χ0v) is 14.4. The maximum atomic E-state index is 12.1. The van der Waals surface area contributed by atoms with E-state index in [0.29, 0.717) is 6.61 Å². The SMILES string of the molecule is CN(C)C(=O)c1ccc2c(c1)CCCN2CCOc1ccccc1. The molecule has 4 heteroatoms. The Morgan fingerprint density at radius 2 is 1.96 bits per heavy atom. The largest absolute Gasteiger partial charge is 0.492 e. The van der Waals surface area contributed by atoms with Crippen LogP contribution in [0.25, 0.3) is 0 Å². The van der Waals surface area contributed by atoms with Gasteiger partial charge in [0.15, 0.2) is 0 Å². The molecule has 0 bridgehead atoms. The van der Waals surface area contributed by atoms with Gasteiger partial charge in [-0.1, -0.05) is 18.2 Å². The Morgan fingerprint density at radius 1 is 1.17 bits per heavy atom. The number of nitrogens with zero attached hydrogens (tertiary/aromatic N) is 2. The highest BCUT2D eigenvalue weighted by molar-refractivity contribution is 5.94. The maximum Gasteiger partial charge on any atom is 0.253 e. The molecule has 1 aliphatic heterocycles. The molecule has 0 radical (unpaired) electrons. The van der Waals surface area contributed by atoms with Crippen molar-refractivity contribution in [3.05, 3.63) is 59.7 Å². The molecule has 126 valence electrons. The topological polar surface area (TPSA) is 32.8 Å². The highest BCUT2D eigenvalue weighted by Gasteiger charge is 2.19. The molecule has 2 aromatic carbocycles. The van der Waals surface area contributed by atoms with E-state index in [9.17, 15) is 4.79 Å². The molecule has 0 saturated heterocycles. The second-order valence-corrected chi connectivity index (χ2v) is 6.30. The second-order valence-electron chi connectivity index (χ2n) is 6.30. The van der Waals surface area contributed by atoms with Crippen LogP contribution in [-0.2, 0) is 6.42 Å². The average molecular weight is 324 g/mol. The minimum atomic E-state index is 0.0577. The first kappa shape index (κ1) is 16.4. The van der Waals surface area contributed by atoms with Gasteiger partial charge in [0.2, 0.25) is 0 Å². The van der Waals surface area contributed by atoms with E-state index in [4.69, 9.17) is 4.74 Å². The van der Waals surface area contributed by atoms with Crippen molar-refractivity contribution in [2.75, 3.05) is 38.7 Å². The van der Waals surface area contributed by atoms with E-state index in [2.05, 4.69) is 11.0 Å². The van der Waals surface area contributed by atoms with Crippen molar-refractivity contribution in [1.82, 2.24) is 4.90 Å². The molecule has 0 atom stereocenters. The molecular formula is C20H24N2O2. The molecule has 0 aromatic heterocycles. The number of rotatable bonds is 5. The fourth-order valence-corrected chi connectivity index (χ4v) is 3.09. The van der Waals surface area contributed by atoms with Gasteiger partial charge >= 0.3 is 0 Å². The van der Waals surface area contributed by atoms with E-state index < -0.39 is 0 Å². The highest BCUT2D eigenvalue weighted by Crippen LogP contribution is 2.28. The Bertz CT molecular complexity index is 698. The fourth-order valence-electron chi connectivity index (χ4n) is 3.09. The van der Waals surface area contributed by atoms with Crippen LogP contribution in [0.2, 0.25) is 0 Å². The Morgan fingerprint density at radius 3 is 2.71 bits per heavy atom. The van der Waals surface area contributed by atoms with Crippen LogP contribution in [0.3, 0.4) is 0 Å². The number of aryl methyl sites for hydroxylation is 1. The van der Waals surface area contributed by atoms with Crippen LogP contribution in [0.15, 0.2) is 48.5 Å². The Kier molecular flexibility index (Phi) is 5.04. The summed E-state index contributed by atoms with van der Waals surface area (Å²) >= 11 is 0. The average Bonchev–Trinajstić information content (AvgIpc) is 2.61. The number of hydrogen-bond acceptors (Lipinski definition) is 3. The Labute approximate surface area is 143 Å². The molecule has 1 amide bonds. The lowest BCUT2D eigenvalue weighted by molar-refractivity contribution is 0.0827. The molecule has 0 N–H and O–H groups in total.